The van der Waals surface area contributed by atoms with E-state index in [1.165, 1.54) is 12.1 Å². The number of amides is 2. The molecule has 0 saturated carbocycles. The molecular weight excluding hydrogens is 337 g/mol. The molecule has 0 aromatic heterocycles. The van der Waals surface area contributed by atoms with E-state index in [-0.39, 0.29) is 17.0 Å². The minimum Gasteiger partial charge on any atom is -0.450 e. The highest BCUT2D eigenvalue weighted by atomic mass is 35.5. The Balaban J connectivity index is 1.89. The zero-order chi connectivity index (χ0) is 17.7. The van der Waals surface area contributed by atoms with Crippen LogP contribution in [0.15, 0.2) is 18.2 Å². The second kappa shape index (κ2) is 8.30. The molecule has 0 bridgehead atoms. The van der Waals surface area contributed by atoms with Crippen LogP contribution in [-0.4, -0.2) is 60.6 Å². The maximum absolute atomic E-state index is 13.0. The summed E-state index contributed by atoms with van der Waals surface area (Å²) in [6, 6.07) is 3.43. The number of benzene rings is 1. The van der Waals surface area contributed by atoms with Gasteiger partial charge in [-0.2, -0.15) is 0 Å². The summed E-state index contributed by atoms with van der Waals surface area (Å²) in [5.41, 5.74) is 0.375. The molecule has 1 heterocycles. The van der Waals surface area contributed by atoms with E-state index < -0.39 is 11.9 Å². The van der Waals surface area contributed by atoms with Gasteiger partial charge >= 0.3 is 6.09 Å². The van der Waals surface area contributed by atoms with Crippen LogP contribution in [0.25, 0.3) is 0 Å². The van der Waals surface area contributed by atoms with Crippen LogP contribution in [0, 0.1) is 5.82 Å². The molecule has 1 aromatic carbocycles. The highest BCUT2D eigenvalue weighted by Gasteiger charge is 2.28. The summed E-state index contributed by atoms with van der Waals surface area (Å²) in [5.74, 6) is -0.686. The first kappa shape index (κ1) is 18.5. The lowest BCUT2D eigenvalue weighted by Gasteiger charge is -2.36. The Morgan fingerprint density at radius 3 is 2.58 bits per heavy atom. The summed E-state index contributed by atoms with van der Waals surface area (Å²) in [5, 5.41) is 2.86. The van der Waals surface area contributed by atoms with E-state index >= 15 is 0 Å². The van der Waals surface area contributed by atoms with Gasteiger partial charge in [0.15, 0.2) is 0 Å². The average Bonchev–Trinajstić information content (AvgIpc) is 2.57. The van der Waals surface area contributed by atoms with Gasteiger partial charge in [-0.1, -0.05) is 11.6 Å². The highest BCUT2D eigenvalue weighted by Crippen LogP contribution is 2.23. The number of carbonyl (C=O) groups is 2. The van der Waals surface area contributed by atoms with Crippen molar-refractivity contribution in [1.29, 1.82) is 0 Å². The second-order valence-corrected chi connectivity index (χ2v) is 5.92. The minimum atomic E-state index is -0.457. The first-order valence-corrected chi connectivity index (χ1v) is 8.21. The van der Waals surface area contributed by atoms with Crippen molar-refractivity contribution in [2.75, 3.05) is 38.1 Å². The maximum atomic E-state index is 13.0. The second-order valence-electron chi connectivity index (χ2n) is 5.51. The van der Waals surface area contributed by atoms with Gasteiger partial charge in [-0.05, 0) is 32.0 Å². The molecular formula is C16H21ClFN3O3. The van der Waals surface area contributed by atoms with Gasteiger partial charge in [-0.15, -0.1) is 0 Å². The predicted octanol–water partition coefficient (Wildman–Crippen LogP) is 2.58. The molecule has 1 atom stereocenters. The van der Waals surface area contributed by atoms with E-state index in [4.69, 9.17) is 16.3 Å². The number of ether oxygens (including phenoxy) is 1. The van der Waals surface area contributed by atoms with Gasteiger partial charge in [-0.3, -0.25) is 9.69 Å². The van der Waals surface area contributed by atoms with E-state index in [0.29, 0.717) is 38.5 Å². The van der Waals surface area contributed by atoms with Crippen LogP contribution < -0.4 is 5.32 Å². The predicted molar refractivity (Wildman–Crippen MR) is 89.7 cm³/mol. The molecule has 0 radical (unpaired) electrons. The van der Waals surface area contributed by atoms with Crippen molar-refractivity contribution in [3.63, 3.8) is 0 Å². The maximum Gasteiger partial charge on any atom is 0.409 e. The van der Waals surface area contributed by atoms with Crippen LogP contribution in [0.1, 0.15) is 13.8 Å². The average molecular weight is 358 g/mol. The lowest BCUT2D eigenvalue weighted by atomic mass is 10.2. The third-order valence-corrected chi connectivity index (χ3v) is 4.27. The molecule has 1 aliphatic rings. The number of halogens is 2. The minimum absolute atomic E-state index is 0.155. The van der Waals surface area contributed by atoms with Crippen LogP contribution in [0.4, 0.5) is 14.9 Å². The normalized spacial score (nSPS) is 16.6. The Morgan fingerprint density at radius 2 is 2.00 bits per heavy atom. The topological polar surface area (TPSA) is 61.9 Å². The summed E-state index contributed by atoms with van der Waals surface area (Å²) in [6.07, 6.45) is -0.327. The third-order valence-electron chi connectivity index (χ3n) is 3.96. The number of nitrogens with one attached hydrogen (secondary N) is 1. The monoisotopic (exact) mass is 357 g/mol. The van der Waals surface area contributed by atoms with Crippen LogP contribution in [-0.2, 0) is 9.53 Å². The zero-order valence-corrected chi connectivity index (χ0v) is 14.5. The van der Waals surface area contributed by atoms with Gasteiger partial charge in [0.1, 0.15) is 5.82 Å². The van der Waals surface area contributed by atoms with Gasteiger partial charge in [-0.25, -0.2) is 9.18 Å². The molecule has 0 unspecified atom stereocenters. The van der Waals surface area contributed by atoms with Crippen molar-refractivity contribution in [3.8, 4) is 0 Å². The van der Waals surface area contributed by atoms with Crippen LogP contribution in [0.5, 0.6) is 0 Å². The lowest BCUT2D eigenvalue weighted by Crippen LogP contribution is -2.54. The molecule has 1 saturated heterocycles. The van der Waals surface area contributed by atoms with Crippen molar-refractivity contribution >= 4 is 29.3 Å². The van der Waals surface area contributed by atoms with Crippen molar-refractivity contribution < 1.29 is 18.7 Å². The number of piperazine rings is 1. The number of rotatable bonds is 4. The van der Waals surface area contributed by atoms with Crippen molar-refractivity contribution in [1.82, 2.24) is 9.80 Å². The molecule has 6 nitrogen and oxygen atoms in total. The van der Waals surface area contributed by atoms with Gasteiger partial charge < -0.3 is 15.0 Å². The Morgan fingerprint density at radius 1 is 1.33 bits per heavy atom. The van der Waals surface area contributed by atoms with E-state index in [2.05, 4.69) is 5.32 Å². The molecule has 0 aliphatic carbocycles. The number of nitrogens with zero attached hydrogens (tertiary/aromatic N) is 2. The first-order valence-electron chi connectivity index (χ1n) is 7.84. The van der Waals surface area contributed by atoms with Gasteiger partial charge in [0.25, 0.3) is 0 Å². The molecule has 2 rings (SSSR count). The summed E-state index contributed by atoms with van der Waals surface area (Å²) < 4.78 is 18.0. The van der Waals surface area contributed by atoms with Gasteiger partial charge in [0, 0.05) is 26.2 Å². The van der Waals surface area contributed by atoms with E-state index in [1.54, 1.807) is 18.7 Å². The number of hydrogen-bond donors (Lipinski definition) is 1. The van der Waals surface area contributed by atoms with Crippen molar-refractivity contribution in [3.05, 3.63) is 29.0 Å². The summed E-state index contributed by atoms with van der Waals surface area (Å²) >= 11 is 5.92. The Kier molecular flexibility index (Phi) is 6.39. The van der Waals surface area contributed by atoms with E-state index in [1.807, 2.05) is 4.90 Å². The fourth-order valence-corrected chi connectivity index (χ4v) is 2.71. The third kappa shape index (κ3) is 4.58. The number of hydrogen-bond acceptors (Lipinski definition) is 4. The van der Waals surface area contributed by atoms with E-state index in [9.17, 15) is 14.0 Å². The van der Waals surface area contributed by atoms with Crippen LogP contribution >= 0.6 is 11.6 Å². The standard InChI is InChI=1S/C16H21ClFN3O3/c1-3-24-16(23)21-8-6-20(7-9-21)11(2)15(22)19-14-5-4-12(18)10-13(14)17/h4-5,10-11H,3,6-9H2,1-2H3,(H,19,22)/t11-/m0/s1. The summed E-state index contributed by atoms with van der Waals surface area (Å²) in [7, 11) is 0. The number of carbonyl (C=O) groups excluding carboxylic acids is 2. The zero-order valence-electron chi connectivity index (χ0n) is 13.7. The van der Waals surface area contributed by atoms with Gasteiger partial charge in [0.2, 0.25) is 5.91 Å². The fourth-order valence-electron chi connectivity index (χ4n) is 2.50. The molecule has 2 amide bonds. The lowest BCUT2D eigenvalue weighted by molar-refractivity contribution is -0.121. The van der Waals surface area contributed by atoms with Crippen molar-refractivity contribution in [2.45, 2.75) is 19.9 Å². The summed E-state index contributed by atoms with van der Waals surface area (Å²) in [4.78, 5) is 27.6. The quantitative estimate of drug-likeness (QED) is 0.899. The summed E-state index contributed by atoms with van der Waals surface area (Å²) in [6.45, 7) is 6.06. The highest BCUT2D eigenvalue weighted by molar-refractivity contribution is 6.33. The molecule has 1 fully saturated rings. The smallest absolute Gasteiger partial charge is 0.409 e. The largest absolute Gasteiger partial charge is 0.450 e. The molecule has 24 heavy (non-hydrogen) atoms. The Hall–Kier alpha value is -1.86. The SMILES string of the molecule is CCOC(=O)N1CCN([C@@H](C)C(=O)Nc2ccc(F)cc2Cl)CC1. The fraction of sp³-hybridized carbons (Fsp3) is 0.500. The molecule has 1 aliphatic heterocycles. The van der Waals surface area contributed by atoms with Crippen LogP contribution in [0.3, 0.4) is 0 Å². The number of anilines is 1. The van der Waals surface area contributed by atoms with Gasteiger partial charge in [0.05, 0.1) is 23.4 Å². The molecule has 132 valence electrons. The molecule has 0 spiro atoms. The Bertz CT molecular complexity index is 606. The first-order chi connectivity index (χ1) is 11.4. The Labute approximate surface area is 145 Å². The van der Waals surface area contributed by atoms with E-state index in [0.717, 1.165) is 6.07 Å². The van der Waals surface area contributed by atoms with Crippen LogP contribution in [0.2, 0.25) is 5.02 Å². The molecule has 1 aromatic rings. The molecule has 8 heteroatoms. The van der Waals surface area contributed by atoms with Crippen molar-refractivity contribution in [2.24, 2.45) is 0 Å². The molecule has 1 N–H and O–H groups in total.